The van der Waals surface area contributed by atoms with Gasteiger partial charge in [-0.3, -0.25) is 0 Å². The maximum Gasteiger partial charge on any atom is 0.00844 e. The number of rotatable bonds is 0. The normalized spacial score (nSPS) is 36.0. The molecule has 0 radical (unpaired) electrons. The minimum atomic E-state index is 0.890. The second kappa shape index (κ2) is 5.75. The topological polar surface area (TPSA) is 12.0 Å². The molecular formula is C13H25N. The van der Waals surface area contributed by atoms with Gasteiger partial charge in [-0.2, -0.15) is 0 Å². The predicted molar refractivity (Wildman–Crippen MR) is 61.5 cm³/mol. The van der Waals surface area contributed by atoms with E-state index in [-0.39, 0.29) is 0 Å². The van der Waals surface area contributed by atoms with Crippen molar-refractivity contribution in [2.75, 3.05) is 0 Å². The quantitative estimate of drug-likeness (QED) is 0.622. The molecule has 14 heavy (non-hydrogen) atoms. The minimum Gasteiger partial charge on any atom is -0.311 e. The molecule has 2 atom stereocenters. The molecule has 1 aliphatic carbocycles. The SMILES string of the molecule is C1CCCCCC2CC(CCCC1)N2. The van der Waals surface area contributed by atoms with Gasteiger partial charge in [0.25, 0.3) is 0 Å². The molecule has 2 heterocycles. The fourth-order valence-corrected chi connectivity index (χ4v) is 2.90. The Morgan fingerprint density at radius 1 is 0.571 bits per heavy atom. The van der Waals surface area contributed by atoms with Crippen molar-refractivity contribution in [1.82, 2.24) is 5.32 Å². The summed E-state index contributed by atoms with van der Waals surface area (Å²) >= 11 is 0. The summed E-state index contributed by atoms with van der Waals surface area (Å²) in [7, 11) is 0. The van der Waals surface area contributed by atoms with Crippen LogP contribution in [0.1, 0.15) is 70.6 Å². The van der Waals surface area contributed by atoms with Crippen molar-refractivity contribution >= 4 is 0 Å². The first kappa shape index (κ1) is 10.5. The van der Waals surface area contributed by atoms with Crippen molar-refractivity contribution in [1.29, 1.82) is 0 Å². The molecular weight excluding hydrogens is 170 g/mol. The third-order valence-electron chi connectivity index (χ3n) is 3.90. The Kier molecular flexibility index (Phi) is 4.30. The zero-order valence-electron chi connectivity index (χ0n) is 9.43. The lowest BCUT2D eigenvalue weighted by atomic mass is 9.89. The molecule has 2 unspecified atom stereocenters. The van der Waals surface area contributed by atoms with Gasteiger partial charge in [-0.05, 0) is 19.3 Å². The van der Waals surface area contributed by atoms with Crippen LogP contribution in [0.4, 0.5) is 0 Å². The summed E-state index contributed by atoms with van der Waals surface area (Å²) in [5, 5.41) is 3.72. The molecule has 3 fully saturated rings. The lowest BCUT2D eigenvalue weighted by Gasteiger charge is -2.37. The smallest absolute Gasteiger partial charge is 0.00844 e. The Morgan fingerprint density at radius 3 is 1.36 bits per heavy atom. The molecule has 1 nitrogen and oxygen atoms in total. The zero-order valence-corrected chi connectivity index (χ0v) is 9.43. The third kappa shape index (κ3) is 3.27. The average molecular weight is 195 g/mol. The molecule has 0 spiro atoms. The van der Waals surface area contributed by atoms with Crippen LogP contribution >= 0.6 is 0 Å². The first-order valence-corrected chi connectivity index (χ1v) is 6.71. The fourth-order valence-electron chi connectivity index (χ4n) is 2.90. The van der Waals surface area contributed by atoms with Crippen LogP contribution in [0.3, 0.4) is 0 Å². The Hall–Kier alpha value is -0.0400. The van der Waals surface area contributed by atoms with Crippen molar-refractivity contribution in [3.63, 3.8) is 0 Å². The lowest BCUT2D eigenvalue weighted by molar-refractivity contribution is 0.231. The second-order valence-electron chi connectivity index (χ2n) is 5.20. The van der Waals surface area contributed by atoms with Gasteiger partial charge in [0, 0.05) is 12.1 Å². The number of nitrogens with one attached hydrogen (secondary N) is 1. The summed E-state index contributed by atoms with van der Waals surface area (Å²) in [6, 6.07) is 1.78. The summed E-state index contributed by atoms with van der Waals surface area (Å²) in [4.78, 5) is 0. The number of fused-ring (bicyclic) bond motifs is 9. The van der Waals surface area contributed by atoms with E-state index in [2.05, 4.69) is 5.32 Å². The largest absolute Gasteiger partial charge is 0.311 e. The van der Waals surface area contributed by atoms with Crippen LogP contribution in [-0.2, 0) is 0 Å². The van der Waals surface area contributed by atoms with Crippen LogP contribution in [0.2, 0.25) is 0 Å². The second-order valence-corrected chi connectivity index (χ2v) is 5.20. The molecule has 3 aliphatic rings. The average Bonchev–Trinajstić information content (AvgIpc) is 2.16. The van der Waals surface area contributed by atoms with E-state index in [0.717, 1.165) is 12.1 Å². The van der Waals surface area contributed by atoms with E-state index in [1.807, 2.05) is 0 Å². The summed E-state index contributed by atoms with van der Waals surface area (Å²) in [5.74, 6) is 0. The first-order chi connectivity index (χ1) is 6.95. The van der Waals surface area contributed by atoms with Gasteiger partial charge >= 0.3 is 0 Å². The van der Waals surface area contributed by atoms with Gasteiger partial charge in [0.2, 0.25) is 0 Å². The van der Waals surface area contributed by atoms with Gasteiger partial charge < -0.3 is 5.32 Å². The van der Waals surface area contributed by atoms with E-state index < -0.39 is 0 Å². The molecule has 2 aliphatic heterocycles. The summed E-state index contributed by atoms with van der Waals surface area (Å²) in [6.45, 7) is 0. The standard InChI is InChI=1S/C13H25N/c1-2-4-6-8-10-13-11-12(14-13)9-7-5-3-1/h12-14H,1-11H2. The van der Waals surface area contributed by atoms with Gasteiger partial charge in [-0.1, -0.05) is 51.4 Å². The molecule has 0 amide bonds. The molecule has 3 rings (SSSR count). The van der Waals surface area contributed by atoms with Gasteiger partial charge in [0.15, 0.2) is 0 Å². The van der Waals surface area contributed by atoms with E-state index in [0.29, 0.717) is 0 Å². The van der Waals surface area contributed by atoms with Crippen molar-refractivity contribution in [2.24, 2.45) is 0 Å². The van der Waals surface area contributed by atoms with Crippen molar-refractivity contribution < 1.29 is 0 Å². The van der Waals surface area contributed by atoms with Gasteiger partial charge in [0.1, 0.15) is 0 Å². The lowest BCUT2D eigenvalue weighted by Crippen LogP contribution is -2.52. The monoisotopic (exact) mass is 195 g/mol. The Morgan fingerprint density at radius 2 is 0.929 bits per heavy atom. The maximum absolute atomic E-state index is 3.72. The van der Waals surface area contributed by atoms with Crippen LogP contribution in [-0.4, -0.2) is 12.1 Å². The molecule has 0 aromatic rings. The van der Waals surface area contributed by atoms with Gasteiger partial charge in [-0.15, -0.1) is 0 Å². The van der Waals surface area contributed by atoms with Crippen LogP contribution < -0.4 is 5.32 Å². The zero-order chi connectivity index (χ0) is 9.64. The van der Waals surface area contributed by atoms with Crippen molar-refractivity contribution in [3.05, 3.63) is 0 Å². The molecule has 2 bridgehead atoms. The molecule has 0 aromatic heterocycles. The molecule has 0 aromatic carbocycles. The summed E-state index contributed by atoms with van der Waals surface area (Å²) < 4.78 is 0. The highest BCUT2D eigenvalue weighted by Gasteiger charge is 2.26. The Balaban J connectivity index is 1.66. The van der Waals surface area contributed by atoms with E-state index >= 15 is 0 Å². The Labute approximate surface area is 88.7 Å². The van der Waals surface area contributed by atoms with Gasteiger partial charge in [0.05, 0.1) is 0 Å². The van der Waals surface area contributed by atoms with E-state index in [4.69, 9.17) is 0 Å². The highest BCUT2D eigenvalue weighted by Crippen LogP contribution is 2.23. The summed E-state index contributed by atoms with van der Waals surface area (Å²) in [6.07, 6.45) is 16.2. The maximum atomic E-state index is 3.72. The van der Waals surface area contributed by atoms with Crippen molar-refractivity contribution in [3.8, 4) is 0 Å². The van der Waals surface area contributed by atoms with E-state index in [1.54, 1.807) is 0 Å². The molecule has 82 valence electrons. The highest BCUT2D eigenvalue weighted by atomic mass is 15.0. The molecule has 1 heteroatoms. The minimum absolute atomic E-state index is 0.890. The predicted octanol–water partition coefficient (Wildman–Crippen LogP) is 3.63. The van der Waals surface area contributed by atoms with Crippen molar-refractivity contribution in [2.45, 2.75) is 82.7 Å². The molecule has 1 N–H and O–H groups in total. The third-order valence-corrected chi connectivity index (χ3v) is 3.90. The van der Waals surface area contributed by atoms with Crippen LogP contribution in [0.25, 0.3) is 0 Å². The van der Waals surface area contributed by atoms with Crippen LogP contribution in [0, 0.1) is 0 Å². The van der Waals surface area contributed by atoms with E-state index in [1.165, 1.54) is 70.6 Å². The number of hydrogen-bond donors (Lipinski definition) is 1. The highest BCUT2D eigenvalue weighted by molar-refractivity contribution is 4.88. The molecule has 2 saturated heterocycles. The van der Waals surface area contributed by atoms with Crippen LogP contribution in [0.15, 0.2) is 0 Å². The van der Waals surface area contributed by atoms with E-state index in [9.17, 15) is 0 Å². The fraction of sp³-hybridized carbons (Fsp3) is 1.00. The Bertz CT molecular complexity index is 128. The van der Waals surface area contributed by atoms with Crippen LogP contribution in [0.5, 0.6) is 0 Å². The summed E-state index contributed by atoms with van der Waals surface area (Å²) in [5.41, 5.74) is 0. The van der Waals surface area contributed by atoms with Gasteiger partial charge in [-0.25, -0.2) is 0 Å². The number of hydrogen-bond acceptors (Lipinski definition) is 1. The molecule has 1 saturated carbocycles. The first-order valence-electron chi connectivity index (χ1n) is 6.71.